The number of nitrogens with zero attached hydrogens (tertiary/aromatic N) is 2. The summed E-state index contributed by atoms with van der Waals surface area (Å²) in [5.41, 5.74) is 0.0207. The number of fused-ring (bicyclic) bond motifs is 1. The molecule has 38 heavy (non-hydrogen) atoms. The lowest BCUT2D eigenvalue weighted by molar-refractivity contribution is -0.384. The number of amides is 5. The molecule has 0 radical (unpaired) electrons. The number of carbonyl (C=O) groups excluding carboxylic acids is 5. The van der Waals surface area contributed by atoms with E-state index in [1.807, 2.05) is 0 Å². The molecule has 0 saturated carbocycles. The van der Waals surface area contributed by atoms with Gasteiger partial charge in [0.15, 0.2) is 0 Å². The predicted molar refractivity (Wildman–Crippen MR) is 136 cm³/mol. The third-order valence-corrected chi connectivity index (χ3v) is 5.20. The van der Waals surface area contributed by atoms with E-state index in [1.165, 1.54) is 12.1 Å². The zero-order chi connectivity index (χ0) is 28.0. The molecule has 200 valence electrons. The summed E-state index contributed by atoms with van der Waals surface area (Å²) >= 11 is 0. The van der Waals surface area contributed by atoms with Gasteiger partial charge in [-0.15, -0.1) is 0 Å². The topological polar surface area (TPSA) is 177 Å². The fraction of sp³-hybridized carbons (Fsp3) is 0.320. The van der Waals surface area contributed by atoms with E-state index in [0.29, 0.717) is 11.4 Å². The van der Waals surface area contributed by atoms with Crippen LogP contribution in [0.4, 0.5) is 21.9 Å². The average molecular weight is 526 g/mol. The summed E-state index contributed by atoms with van der Waals surface area (Å²) in [6.45, 7) is 4.82. The van der Waals surface area contributed by atoms with Crippen molar-refractivity contribution in [3.63, 3.8) is 0 Å². The Morgan fingerprint density at radius 2 is 1.50 bits per heavy atom. The summed E-state index contributed by atoms with van der Waals surface area (Å²) in [4.78, 5) is 72.2. The number of ether oxygens (including phenoxy) is 1. The van der Waals surface area contributed by atoms with Crippen molar-refractivity contribution in [2.24, 2.45) is 0 Å². The maximum Gasteiger partial charge on any atom is 0.408 e. The maximum atomic E-state index is 12.5. The van der Waals surface area contributed by atoms with Gasteiger partial charge in [0.05, 0.1) is 16.1 Å². The Balaban J connectivity index is 1.42. The lowest BCUT2D eigenvalue weighted by atomic mass is 10.1. The molecular weight excluding hydrogens is 498 g/mol. The van der Waals surface area contributed by atoms with Crippen LogP contribution in [-0.4, -0.2) is 58.2 Å². The Bertz CT molecular complexity index is 1280. The zero-order valence-electron chi connectivity index (χ0n) is 21.0. The fourth-order valence-electron chi connectivity index (χ4n) is 3.53. The highest BCUT2D eigenvalue weighted by atomic mass is 16.6. The van der Waals surface area contributed by atoms with Crippen molar-refractivity contribution < 1.29 is 33.6 Å². The first-order chi connectivity index (χ1) is 17.8. The largest absolute Gasteiger partial charge is 0.444 e. The van der Waals surface area contributed by atoms with Crippen molar-refractivity contribution in [2.75, 3.05) is 23.7 Å². The molecule has 0 bridgehead atoms. The van der Waals surface area contributed by atoms with Crippen LogP contribution in [0.3, 0.4) is 0 Å². The molecule has 0 aliphatic carbocycles. The van der Waals surface area contributed by atoms with Gasteiger partial charge in [0.1, 0.15) is 12.1 Å². The minimum absolute atomic E-state index is 0.0162. The van der Waals surface area contributed by atoms with Gasteiger partial charge >= 0.3 is 6.09 Å². The molecule has 13 heteroatoms. The van der Waals surface area contributed by atoms with Gasteiger partial charge in [0.25, 0.3) is 17.5 Å². The van der Waals surface area contributed by atoms with E-state index in [1.54, 1.807) is 45.0 Å². The molecule has 1 heterocycles. The number of benzene rings is 2. The number of anilines is 2. The quantitative estimate of drug-likeness (QED) is 0.254. The molecule has 2 aromatic carbocycles. The summed E-state index contributed by atoms with van der Waals surface area (Å²) in [5.74, 6) is -2.00. The summed E-state index contributed by atoms with van der Waals surface area (Å²) in [6, 6.07) is 9.78. The second-order valence-electron chi connectivity index (χ2n) is 9.38. The molecule has 1 aliphatic rings. The van der Waals surface area contributed by atoms with Gasteiger partial charge in [0.2, 0.25) is 11.8 Å². The summed E-state index contributed by atoms with van der Waals surface area (Å²) in [7, 11) is 0. The van der Waals surface area contributed by atoms with Crippen molar-refractivity contribution in [3.05, 3.63) is 63.7 Å². The molecule has 0 fully saturated rings. The third kappa shape index (κ3) is 7.35. The SMILES string of the molecule is CC(C)(C)OC(=O)NCC(=O)Nc1ccc(NC(=O)CCCN2C(=O)c3ccc([N+](=O)[O-])cc3C2=O)cc1. The van der Waals surface area contributed by atoms with E-state index in [-0.39, 0.29) is 48.7 Å². The van der Waals surface area contributed by atoms with Crippen LogP contribution >= 0.6 is 0 Å². The van der Waals surface area contributed by atoms with E-state index < -0.39 is 34.3 Å². The van der Waals surface area contributed by atoms with Crippen LogP contribution in [0.2, 0.25) is 0 Å². The molecule has 0 atom stereocenters. The second-order valence-corrected chi connectivity index (χ2v) is 9.38. The highest BCUT2D eigenvalue weighted by Gasteiger charge is 2.36. The normalized spacial score (nSPS) is 12.6. The molecule has 3 N–H and O–H groups in total. The molecule has 3 rings (SSSR count). The van der Waals surface area contributed by atoms with Crippen molar-refractivity contribution in [1.29, 1.82) is 0 Å². The lowest BCUT2D eigenvalue weighted by Crippen LogP contribution is -2.37. The molecule has 0 unspecified atom stereocenters. The van der Waals surface area contributed by atoms with E-state index in [4.69, 9.17) is 4.74 Å². The number of nitro groups is 1. The van der Waals surface area contributed by atoms with Crippen LogP contribution in [0.1, 0.15) is 54.3 Å². The molecule has 2 aromatic rings. The molecule has 13 nitrogen and oxygen atoms in total. The Hall–Kier alpha value is -4.81. The molecule has 5 amide bonds. The van der Waals surface area contributed by atoms with E-state index in [9.17, 15) is 34.1 Å². The lowest BCUT2D eigenvalue weighted by Gasteiger charge is -2.19. The van der Waals surface area contributed by atoms with Gasteiger partial charge in [-0.05, 0) is 57.5 Å². The number of hydrogen-bond donors (Lipinski definition) is 3. The molecule has 0 saturated heterocycles. The van der Waals surface area contributed by atoms with Crippen molar-refractivity contribution >= 4 is 46.8 Å². The first kappa shape index (κ1) is 27.8. The first-order valence-electron chi connectivity index (χ1n) is 11.7. The van der Waals surface area contributed by atoms with E-state index in [0.717, 1.165) is 11.0 Å². The van der Waals surface area contributed by atoms with Crippen LogP contribution < -0.4 is 16.0 Å². The molecule has 0 aromatic heterocycles. The highest BCUT2D eigenvalue weighted by molar-refractivity contribution is 6.21. The van der Waals surface area contributed by atoms with Crippen LogP contribution in [-0.2, 0) is 14.3 Å². The van der Waals surface area contributed by atoms with Gasteiger partial charge in [-0.25, -0.2) is 4.79 Å². The maximum absolute atomic E-state index is 12.5. The number of hydrogen-bond acceptors (Lipinski definition) is 8. The van der Waals surface area contributed by atoms with Gasteiger partial charge in [0, 0.05) is 36.5 Å². The zero-order valence-corrected chi connectivity index (χ0v) is 21.0. The monoisotopic (exact) mass is 525 g/mol. The fourth-order valence-corrected chi connectivity index (χ4v) is 3.53. The number of imide groups is 1. The molecule has 1 aliphatic heterocycles. The number of nitro benzene ring substituents is 1. The van der Waals surface area contributed by atoms with Crippen LogP contribution in [0, 0.1) is 10.1 Å². The van der Waals surface area contributed by atoms with E-state index >= 15 is 0 Å². The minimum atomic E-state index is -0.710. The summed E-state index contributed by atoms with van der Waals surface area (Å²) in [5, 5.41) is 18.6. The average Bonchev–Trinajstić information content (AvgIpc) is 3.07. The Kier molecular flexibility index (Phi) is 8.40. The summed E-state index contributed by atoms with van der Waals surface area (Å²) in [6.07, 6.45) is -0.502. The number of non-ortho nitro benzene ring substituents is 1. The van der Waals surface area contributed by atoms with Gasteiger partial charge < -0.3 is 20.7 Å². The van der Waals surface area contributed by atoms with Crippen molar-refractivity contribution in [3.8, 4) is 0 Å². The number of rotatable bonds is 9. The Labute approximate surface area is 217 Å². The summed E-state index contributed by atoms with van der Waals surface area (Å²) < 4.78 is 5.06. The predicted octanol–water partition coefficient (Wildman–Crippen LogP) is 3.07. The standard InChI is InChI=1S/C25H27N5O8/c1-25(2,3)38-24(35)26-14-21(32)28-16-8-6-15(7-9-16)27-20(31)5-4-12-29-22(33)18-11-10-17(30(36)37)13-19(18)23(29)34/h6-11,13H,4-5,12,14H2,1-3H3,(H,26,35)(H,27,31)(H,28,32). The molecular formula is C25H27N5O8. The number of nitrogens with one attached hydrogen (secondary N) is 3. The van der Waals surface area contributed by atoms with E-state index in [2.05, 4.69) is 16.0 Å². The number of carbonyl (C=O) groups is 5. The van der Waals surface area contributed by atoms with Gasteiger partial charge in [-0.1, -0.05) is 0 Å². The minimum Gasteiger partial charge on any atom is -0.444 e. The first-order valence-corrected chi connectivity index (χ1v) is 11.7. The second kappa shape index (κ2) is 11.5. The van der Waals surface area contributed by atoms with Crippen LogP contribution in [0.5, 0.6) is 0 Å². The third-order valence-electron chi connectivity index (χ3n) is 5.20. The van der Waals surface area contributed by atoms with Crippen molar-refractivity contribution in [1.82, 2.24) is 10.2 Å². The smallest absolute Gasteiger partial charge is 0.408 e. The van der Waals surface area contributed by atoms with Crippen LogP contribution in [0.25, 0.3) is 0 Å². The Morgan fingerprint density at radius 1 is 0.921 bits per heavy atom. The van der Waals surface area contributed by atoms with Gasteiger partial charge in [-0.3, -0.25) is 34.2 Å². The van der Waals surface area contributed by atoms with Gasteiger partial charge in [-0.2, -0.15) is 0 Å². The van der Waals surface area contributed by atoms with Crippen LogP contribution in [0.15, 0.2) is 42.5 Å². The Morgan fingerprint density at radius 3 is 2.08 bits per heavy atom. The molecule has 0 spiro atoms. The number of alkyl carbamates (subject to hydrolysis) is 1. The highest BCUT2D eigenvalue weighted by Crippen LogP contribution is 2.27. The van der Waals surface area contributed by atoms with Crippen molar-refractivity contribution in [2.45, 2.75) is 39.2 Å².